The van der Waals surface area contributed by atoms with E-state index in [4.69, 9.17) is 39.5 Å². The first-order chi connectivity index (χ1) is 12.9. The van der Waals surface area contributed by atoms with E-state index >= 15 is 0 Å². The number of ether oxygens (including phenoxy) is 1. The van der Waals surface area contributed by atoms with Gasteiger partial charge in [-0.3, -0.25) is 4.79 Å². The number of halogens is 3. The van der Waals surface area contributed by atoms with E-state index in [1.165, 1.54) is 23.6 Å². The van der Waals surface area contributed by atoms with Crippen molar-refractivity contribution in [2.45, 2.75) is 6.92 Å². The Morgan fingerprint density at radius 1 is 1.30 bits per heavy atom. The molecular formula is C18H13Cl3N2O3S. The molecule has 0 fully saturated rings. The molecule has 3 rings (SSSR count). The summed E-state index contributed by atoms with van der Waals surface area (Å²) in [6, 6.07) is 8.02. The summed E-state index contributed by atoms with van der Waals surface area (Å²) in [6.07, 6.45) is 1.44. The molecular weight excluding hydrogens is 431 g/mol. The van der Waals surface area contributed by atoms with Crippen LogP contribution in [0.25, 0.3) is 10.1 Å². The number of phenolic OH excluding ortho intramolecular Hbond substituents is 1. The van der Waals surface area contributed by atoms with Crippen molar-refractivity contribution in [2.24, 2.45) is 5.10 Å². The maximum absolute atomic E-state index is 12.4. The normalized spacial score (nSPS) is 11.3. The summed E-state index contributed by atoms with van der Waals surface area (Å²) in [5, 5.41) is 15.3. The molecule has 0 aliphatic heterocycles. The average molecular weight is 444 g/mol. The lowest BCUT2D eigenvalue weighted by atomic mass is 10.2. The van der Waals surface area contributed by atoms with Gasteiger partial charge in [0, 0.05) is 15.1 Å². The number of nitrogens with one attached hydrogen (secondary N) is 1. The number of hydrogen-bond acceptors (Lipinski definition) is 5. The van der Waals surface area contributed by atoms with Crippen LogP contribution < -0.4 is 10.2 Å². The lowest BCUT2D eigenvalue weighted by molar-refractivity contribution is 0.0959. The highest BCUT2D eigenvalue weighted by Crippen LogP contribution is 2.41. The monoisotopic (exact) mass is 442 g/mol. The second kappa shape index (κ2) is 8.35. The van der Waals surface area contributed by atoms with E-state index in [2.05, 4.69) is 10.5 Å². The van der Waals surface area contributed by atoms with E-state index in [0.717, 1.165) is 0 Å². The molecule has 0 saturated carbocycles. The van der Waals surface area contributed by atoms with Gasteiger partial charge in [-0.15, -0.1) is 11.3 Å². The van der Waals surface area contributed by atoms with E-state index in [1.807, 2.05) is 6.92 Å². The molecule has 2 aromatic carbocycles. The van der Waals surface area contributed by atoms with Crippen LogP contribution in [0.3, 0.4) is 0 Å². The number of fused-ring (bicyclic) bond motifs is 1. The minimum Gasteiger partial charge on any atom is -0.504 e. The molecule has 5 nitrogen and oxygen atoms in total. The van der Waals surface area contributed by atoms with Crippen molar-refractivity contribution in [3.05, 3.63) is 55.8 Å². The number of carbonyl (C=O) groups is 1. The van der Waals surface area contributed by atoms with Gasteiger partial charge in [0.05, 0.1) is 22.9 Å². The SMILES string of the molecule is CCOc1cc(/C=N/NC(=O)c2sc3cc(Cl)cc(Cl)c3c2Cl)ccc1O. The maximum atomic E-state index is 12.4. The van der Waals surface area contributed by atoms with Crippen molar-refractivity contribution >= 4 is 68.3 Å². The van der Waals surface area contributed by atoms with Gasteiger partial charge in [-0.05, 0) is 42.8 Å². The standard InChI is InChI=1S/C18H13Cl3N2O3S/c1-2-26-13-5-9(3-4-12(13)24)8-22-23-18(25)17-16(21)15-11(20)6-10(19)7-14(15)27-17/h3-8,24H,2H2,1H3,(H,23,25)/b22-8+. The molecule has 9 heteroatoms. The Morgan fingerprint density at radius 2 is 2.07 bits per heavy atom. The fraction of sp³-hybridized carbons (Fsp3) is 0.111. The van der Waals surface area contributed by atoms with Crippen LogP contribution in [-0.2, 0) is 0 Å². The summed E-state index contributed by atoms with van der Waals surface area (Å²) < 4.78 is 6.02. The molecule has 0 bridgehead atoms. The number of carbonyl (C=O) groups excluding carboxylic acids is 1. The van der Waals surface area contributed by atoms with Crippen LogP contribution >= 0.6 is 46.1 Å². The number of hydrazone groups is 1. The highest BCUT2D eigenvalue weighted by atomic mass is 35.5. The highest BCUT2D eigenvalue weighted by Gasteiger charge is 2.19. The van der Waals surface area contributed by atoms with Gasteiger partial charge in [0.25, 0.3) is 5.91 Å². The molecule has 3 aromatic rings. The zero-order chi connectivity index (χ0) is 19.6. The minimum atomic E-state index is -0.464. The van der Waals surface area contributed by atoms with Crippen molar-refractivity contribution in [3.63, 3.8) is 0 Å². The van der Waals surface area contributed by atoms with Gasteiger partial charge in [-0.2, -0.15) is 5.10 Å². The topological polar surface area (TPSA) is 70.9 Å². The second-order valence-electron chi connectivity index (χ2n) is 5.37. The fourth-order valence-corrected chi connectivity index (χ4v) is 4.62. The molecule has 0 spiro atoms. The van der Waals surface area contributed by atoms with Crippen LogP contribution in [0.1, 0.15) is 22.2 Å². The first-order valence-corrected chi connectivity index (χ1v) is 9.72. The number of benzene rings is 2. The fourth-order valence-electron chi connectivity index (χ4n) is 2.36. The van der Waals surface area contributed by atoms with Gasteiger partial charge in [0.2, 0.25) is 0 Å². The van der Waals surface area contributed by atoms with Crippen LogP contribution in [0.4, 0.5) is 0 Å². The molecule has 0 aliphatic carbocycles. The van der Waals surface area contributed by atoms with E-state index in [9.17, 15) is 9.90 Å². The van der Waals surface area contributed by atoms with Crippen LogP contribution in [0, 0.1) is 0 Å². The quantitative estimate of drug-likeness (QED) is 0.391. The molecule has 1 amide bonds. The van der Waals surface area contributed by atoms with Crippen LogP contribution in [0.5, 0.6) is 11.5 Å². The molecule has 1 aromatic heterocycles. The summed E-state index contributed by atoms with van der Waals surface area (Å²) in [6.45, 7) is 2.23. The number of amides is 1. The summed E-state index contributed by atoms with van der Waals surface area (Å²) >= 11 is 19.6. The number of rotatable bonds is 5. The Balaban J connectivity index is 1.79. The zero-order valence-corrected chi connectivity index (χ0v) is 17.0. The predicted octanol–water partition coefficient (Wildman–Crippen LogP) is 5.73. The summed E-state index contributed by atoms with van der Waals surface area (Å²) in [7, 11) is 0. The summed E-state index contributed by atoms with van der Waals surface area (Å²) in [5.41, 5.74) is 3.07. The number of nitrogens with zero attached hydrogens (tertiary/aromatic N) is 1. The van der Waals surface area contributed by atoms with Gasteiger partial charge in [-0.1, -0.05) is 34.8 Å². The third kappa shape index (κ3) is 4.30. The molecule has 0 radical (unpaired) electrons. The third-order valence-corrected chi connectivity index (χ3v) is 5.66. The lowest BCUT2D eigenvalue weighted by Crippen LogP contribution is -2.16. The summed E-state index contributed by atoms with van der Waals surface area (Å²) in [4.78, 5) is 12.7. The molecule has 1 heterocycles. The number of hydrogen-bond donors (Lipinski definition) is 2. The van der Waals surface area contributed by atoms with Crippen molar-refractivity contribution in [1.82, 2.24) is 5.43 Å². The Morgan fingerprint density at radius 3 is 2.81 bits per heavy atom. The van der Waals surface area contributed by atoms with E-state index < -0.39 is 5.91 Å². The minimum absolute atomic E-state index is 0.0330. The molecule has 0 saturated heterocycles. The molecule has 140 valence electrons. The summed E-state index contributed by atoms with van der Waals surface area (Å²) in [5.74, 6) is -0.0917. The van der Waals surface area contributed by atoms with Crippen molar-refractivity contribution in [2.75, 3.05) is 6.61 Å². The van der Waals surface area contributed by atoms with Gasteiger partial charge >= 0.3 is 0 Å². The van der Waals surface area contributed by atoms with Crippen molar-refractivity contribution in [3.8, 4) is 11.5 Å². The van der Waals surface area contributed by atoms with E-state index in [0.29, 0.717) is 38.1 Å². The Kier molecular flexibility index (Phi) is 6.11. The largest absolute Gasteiger partial charge is 0.504 e. The Bertz CT molecular complexity index is 1050. The van der Waals surface area contributed by atoms with Gasteiger partial charge < -0.3 is 9.84 Å². The lowest BCUT2D eigenvalue weighted by Gasteiger charge is -2.05. The number of aromatic hydroxyl groups is 1. The first-order valence-electron chi connectivity index (χ1n) is 7.77. The van der Waals surface area contributed by atoms with E-state index in [1.54, 1.807) is 24.3 Å². The van der Waals surface area contributed by atoms with Crippen LogP contribution in [0.2, 0.25) is 15.1 Å². The highest BCUT2D eigenvalue weighted by molar-refractivity contribution is 7.21. The molecule has 27 heavy (non-hydrogen) atoms. The average Bonchev–Trinajstić information content (AvgIpc) is 2.94. The van der Waals surface area contributed by atoms with Crippen molar-refractivity contribution < 1.29 is 14.6 Å². The smallest absolute Gasteiger partial charge is 0.283 e. The zero-order valence-electron chi connectivity index (χ0n) is 13.9. The molecule has 0 aliphatic rings. The number of phenols is 1. The van der Waals surface area contributed by atoms with Gasteiger partial charge in [0.15, 0.2) is 11.5 Å². The molecule has 2 N–H and O–H groups in total. The maximum Gasteiger partial charge on any atom is 0.283 e. The Hall–Kier alpha value is -1.99. The Labute approximate surface area is 174 Å². The molecule has 0 unspecified atom stereocenters. The predicted molar refractivity (Wildman–Crippen MR) is 111 cm³/mol. The first kappa shape index (κ1) is 19.8. The third-order valence-electron chi connectivity index (χ3n) is 3.52. The second-order valence-corrected chi connectivity index (χ2v) is 7.64. The van der Waals surface area contributed by atoms with Crippen molar-refractivity contribution in [1.29, 1.82) is 0 Å². The molecule has 0 atom stereocenters. The van der Waals surface area contributed by atoms with Crippen LogP contribution in [0.15, 0.2) is 35.4 Å². The number of thiophene rings is 1. The van der Waals surface area contributed by atoms with Gasteiger partial charge in [-0.25, -0.2) is 5.43 Å². The van der Waals surface area contributed by atoms with Crippen LogP contribution in [-0.4, -0.2) is 23.8 Å². The van der Waals surface area contributed by atoms with E-state index in [-0.39, 0.29) is 15.6 Å². The van der Waals surface area contributed by atoms with Gasteiger partial charge in [0.1, 0.15) is 4.88 Å².